The largest absolute Gasteiger partial charge is 0.493 e. The van der Waals surface area contributed by atoms with Crippen LogP contribution in [0.4, 0.5) is 0 Å². The van der Waals surface area contributed by atoms with Gasteiger partial charge in [-0.15, -0.1) is 14.8 Å². The lowest BCUT2D eigenvalue weighted by atomic mass is 10.1. The standard InChI is InChI=1S/C18H18N6O/c1-10-6-14(22-24-17(10)19-11(2)21-24)13-7-16(25-3)18-20-15(12-4-5-12)9-23(18)8-13/h6-9,12H,4-5H2,1-3H3. The minimum Gasteiger partial charge on any atom is -0.493 e. The fourth-order valence-corrected chi connectivity index (χ4v) is 3.21. The molecule has 25 heavy (non-hydrogen) atoms. The highest BCUT2D eigenvalue weighted by Crippen LogP contribution is 2.40. The number of imidazole rings is 1. The highest BCUT2D eigenvalue weighted by molar-refractivity contribution is 5.68. The Morgan fingerprint density at radius 3 is 2.64 bits per heavy atom. The van der Waals surface area contributed by atoms with Crippen molar-refractivity contribution in [1.82, 2.24) is 29.2 Å². The van der Waals surface area contributed by atoms with E-state index in [0.29, 0.717) is 11.7 Å². The van der Waals surface area contributed by atoms with Crippen LogP contribution in [0.3, 0.4) is 0 Å². The lowest BCUT2D eigenvalue weighted by Gasteiger charge is -2.08. The van der Waals surface area contributed by atoms with Crippen LogP contribution < -0.4 is 4.74 Å². The van der Waals surface area contributed by atoms with E-state index < -0.39 is 0 Å². The third-order valence-corrected chi connectivity index (χ3v) is 4.65. The van der Waals surface area contributed by atoms with Gasteiger partial charge >= 0.3 is 0 Å². The number of nitrogens with zero attached hydrogens (tertiary/aromatic N) is 6. The minimum absolute atomic E-state index is 0.600. The molecule has 7 heteroatoms. The van der Waals surface area contributed by atoms with Gasteiger partial charge in [-0.1, -0.05) is 0 Å². The molecule has 0 saturated heterocycles. The Bertz CT molecular complexity index is 1120. The molecular formula is C18H18N6O. The smallest absolute Gasteiger partial charge is 0.179 e. The van der Waals surface area contributed by atoms with E-state index in [-0.39, 0.29) is 0 Å². The van der Waals surface area contributed by atoms with Crippen LogP contribution >= 0.6 is 0 Å². The maximum atomic E-state index is 5.58. The van der Waals surface area contributed by atoms with Gasteiger partial charge in [0, 0.05) is 23.9 Å². The first-order valence-corrected chi connectivity index (χ1v) is 8.40. The SMILES string of the molecule is COc1cc(-c2cc(C)c3nc(C)nn3n2)cn2cc(C3CC3)nc12. The highest BCUT2D eigenvalue weighted by Gasteiger charge is 2.27. The van der Waals surface area contributed by atoms with Crippen molar-refractivity contribution in [2.24, 2.45) is 0 Å². The van der Waals surface area contributed by atoms with Crippen molar-refractivity contribution in [2.75, 3.05) is 7.11 Å². The van der Waals surface area contributed by atoms with Crippen molar-refractivity contribution < 1.29 is 4.74 Å². The van der Waals surface area contributed by atoms with Gasteiger partial charge in [0.05, 0.1) is 18.5 Å². The molecular weight excluding hydrogens is 316 g/mol. The Labute approximate surface area is 144 Å². The van der Waals surface area contributed by atoms with Crippen LogP contribution in [0.1, 0.15) is 35.8 Å². The first-order valence-electron chi connectivity index (χ1n) is 8.40. The number of pyridine rings is 1. The summed E-state index contributed by atoms with van der Waals surface area (Å²) in [6, 6.07) is 4.01. The van der Waals surface area contributed by atoms with Gasteiger partial charge in [0.25, 0.3) is 0 Å². The Kier molecular flexibility index (Phi) is 2.89. The van der Waals surface area contributed by atoms with E-state index in [1.54, 1.807) is 11.7 Å². The molecule has 0 aromatic carbocycles. The van der Waals surface area contributed by atoms with Crippen LogP contribution in [0.2, 0.25) is 0 Å². The zero-order valence-electron chi connectivity index (χ0n) is 14.4. The third-order valence-electron chi connectivity index (χ3n) is 4.65. The lowest BCUT2D eigenvalue weighted by molar-refractivity contribution is 0.417. The molecule has 4 aromatic rings. The molecule has 0 bridgehead atoms. The Hall–Kier alpha value is -2.96. The summed E-state index contributed by atoms with van der Waals surface area (Å²) in [5.74, 6) is 2.06. The number of rotatable bonds is 3. The van der Waals surface area contributed by atoms with Crippen molar-refractivity contribution in [3.63, 3.8) is 0 Å². The first kappa shape index (κ1) is 14.4. The van der Waals surface area contributed by atoms with E-state index >= 15 is 0 Å². The molecule has 0 spiro atoms. The fraction of sp³-hybridized carbons (Fsp3) is 0.333. The number of hydrogen-bond acceptors (Lipinski definition) is 5. The summed E-state index contributed by atoms with van der Waals surface area (Å²) in [6.45, 7) is 3.89. The third kappa shape index (κ3) is 2.26. The van der Waals surface area contributed by atoms with Crippen LogP contribution in [-0.4, -0.2) is 36.3 Å². The van der Waals surface area contributed by atoms with Crippen LogP contribution in [-0.2, 0) is 0 Å². The van der Waals surface area contributed by atoms with Crippen LogP contribution in [0, 0.1) is 13.8 Å². The second kappa shape index (κ2) is 5.02. The van der Waals surface area contributed by atoms with Crippen molar-refractivity contribution in [2.45, 2.75) is 32.6 Å². The van der Waals surface area contributed by atoms with Gasteiger partial charge in [-0.25, -0.2) is 9.97 Å². The molecule has 126 valence electrons. The fourth-order valence-electron chi connectivity index (χ4n) is 3.21. The van der Waals surface area contributed by atoms with E-state index in [1.807, 2.05) is 36.6 Å². The molecule has 0 atom stereocenters. The predicted molar refractivity (Wildman–Crippen MR) is 93.0 cm³/mol. The molecule has 0 N–H and O–H groups in total. The summed E-state index contributed by atoms with van der Waals surface area (Å²) in [5, 5.41) is 8.96. The van der Waals surface area contributed by atoms with Crippen LogP contribution in [0.15, 0.2) is 24.5 Å². The molecule has 5 rings (SSSR count). The average Bonchev–Trinajstić information content (AvgIpc) is 3.24. The molecule has 0 radical (unpaired) electrons. The Morgan fingerprint density at radius 1 is 1.04 bits per heavy atom. The molecule has 0 amide bonds. The van der Waals surface area contributed by atoms with E-state index in [9.17, 15) is 0 Å². The topological polar surface area (TPSA) is 69.6 Å². The molecule has 1 aliphatic rings. The predicted octanol–water partition coefficient (Wildman–Crippen LogP) is 2.94. The van der Waals surface area contributed by atoms with Crippen LogP contribution in [0.25, 0.3) is 22.6 Å². The molecule has 4 aromatic heterocycles. The summed E-state index contributed by atoms with van der Waals surface area (Å²) in [6.07, 6.45) is 6.60. The Balaban J connectivity index is 1.71. The molecule has 7 nitrogen and oxygen atoms in total. The van der Waals surface area contributed by atoms with Gasteiger partial charge in [0.2, 0.25) is 0 Å². The van der Waals surface area contributed by atoms with Gasteiger partial charge in [-0.05, 0) is 44.4 Å². The van der Waals surface area contributed by atoms with Crippen molar-refractivity contribution in [3.8, 4) is 17.0 Å². The number of ether oxygens (including phenoxy) is 1. The summed E-state index contributed by atoms with van der Waals surface area (Å²) in [7, 11) is 1.67. The van der Waals surface area contributed by atoms with E-state index in [4.69, 9.17) is 9.72 Å². The monoisotopic (exact) mass is 334 g/mol. The van der Waals surface area contributed by atoms with Crippen molar-refractivity contribution in [1.29, 1.82) is 0 Å². The van der Waals surface area contributed by atoms with Gasteiger partial charge in [-0.3, -0.25) is 0 Å². The number of aryl methyl sites for hydroxylation is 2. The minimum atomic E-state index is 0.600. The molecule has 0 unspecified atom stereocenters. The zero-order valence-corrected chi connectivity index (χ0v) is 14.4. The summed E-state index contributed by atoms with van der Waals surface area (Å²) in [4.78, 5) is 9.15. The highest BCUT2D eigenvalue weighted by atomic mass is 16.5. The van der Waals surface area contributed by atoms with Gasteiger partial charge in [0.1, 0.15) is 5.82 Å². The van der Waals surface area contributed by atoms with E-state index in [1.165, 1.54) is 12.8 Å². The van der Waals surface area contributed by atoms with Crippen LogP contribution in [0.5, 0.6) is 5.75 Å². The molecule has 4 heterocycles. The first-order chi connectivity index (χ1) is 12.1. The molecule has 1 aliphatic carbocycles. The quantitative estimate of drug-likeness (QED) is 0.576. The zero-order chi connectivity index (χ0) is 17.1. The maximum absolute atomic E-state index is 5.58. The summed E-state index contributed by atoms with van der Waals surface area (Å²) >= 11 is 0. The van der Waals surface area contributed by atoms with Gasteiger partial charge < -0.3 is 9.14 Å². The molecule has 0 aliphatic heterocycles. The number of hydrogen-bond donors (Lipinski definition) is 0. The van der Waals surface area contributed by atoms with Gasteiger partial charge in [0.15, 0.2) is 17.0 Å². The summed E-state index contributed by atoms with van der Waals surface area (Å²) in [5.41, 5.74) is 5.60. The average molecular weight is 334 g/mol. The number of fused-ring (bicyclic) bond motifs is 2. The lowest BCUT2D eigenvalue weighted by Crippen LogP contribution is -2.00. The van der Waals surface area contributed by atoms with Crippen molar-refractivity contribution in [3.05, 3.63) is 41.6 Å². The van der Waals surface area contributed by atoms with E-state index in [0.717, 1.165) is 39.6 Å². The van der Waals surface area contributed by atoms with E-state index in [2.05, 4.69) is 21.4 Å². The van der Waals surface area contributed by atoms with Gasteiger partial charge in [-0.2, -0.15) is 0 Å². The summed E-state index contributed by atoms with van der Waals surface area (Å²) < 4.78 is 9.21. The second-order valence-electron chi connectivity index (χ2n) is 6.65. The maximum Gasteiger partial charge on any atom is 0.179 e. The normalized spacial score (nSPS) is 14.5. The Morgan fingerprint density at radius 2 is 1.88 bits per heavy atom. The molecule has 1 saturated carbocycles. The number of aromatic nitrogens is 6. The second-order valence-corrected chi connectivity index (χ2v) is 6.65. The molecule has 1 fully saturated rings. The van der Waals surface area contributed by atoms with Crippen molar-refractivity contribution >= 4 is 11.3 Å². The number of methoxy groups -OCH3 is 1.